The van der Waals surface area contributed by atoms with Gasteiger partial charge in [0.05, 0.1) is 17.5 Å². The molecule has 0 spiro atoms. The normalized spacial score (nSPS) is 12.8. The Hall–Kier alpha value is -1.93. The third-order valence-corrected chi connectivity index (χ3v) is 4.67. The average Bonchev–Trinajstić information content (AvgIpc) is 2.86. The fourth-order valence-corrected chi connectivity index (χ4v) is 3.51. The number of aromatic nitrogens is 2. The van der Waals surface area contributed by atoms with Crippen molar-refractivity contribution in [1.82, 2.24) is 10.2 Å². The number of anilines is 1. The summed E-state index contributed by atoms with van der Waals surface area (Å²) in [5.74, 6) is 0.00922. The number of rotatable bonds is 6. The van der Waals surface area contributed by atoms with Gasteiger partial charge >= 0.3 is 0 Å². The first-order chi connectivity index (χ1) is 9.89. The summed E-state index contributed by atoms with van der Waals surface area (Å²) in [6.45, 7) is 1.86. The smallest absolute Gasteiger partial charge is 0.234 e. The first kappa shape index (κ1) is 15.5. The van der Waals surface area contributed by atoms with E-state index in [0.717, 1.165) is 5.56 Å². The fourth-order valence-electron chi connectivity index (χ4n) is 1.95. The molecule has 0 fully saturated rings. The Kier molecular flexibility index (Phi) is 4.59. The minimum Gasteiger partial charge on any atom is -0.389 e. The lowest BCUT2D eigenvalue weighted by molar-refractivity contribution is 0.595. The van der Waals surface area contributed by atoms with Crippen LogP contribution in [0.4, 0.5) is 5.82 Å². The summed E-state index contributed by atoms with van der Waals surface area (Å²) < 4.78 is 26.9. The largest absolute Gasteiger partial charge is 0.389 e. The van der Waals surface area contributed by atoms with E-state index in [1.807, 2.05) is 37.3 Å². The Morgan fingerprint density at radius 1 is 1.43 bits per heavy atom. The molecule has 1 aromatic heterocycles. The van der Waals surface area contributed by atoms with Gasteiger partial charge in [0, 0.05) is 0 Å². The molecule has 0 aliphatic carbocycles. The van der Waals surface area contributed by atoms with Gasteiger partial charge in [-0.3, -0.25) is 9.82 Å². The van der Waals surface area contributed by atoms with E-state index < -0.39 is 10.0 Å². The van der Waals surface area contributed by atoms with Crippen molar-refractivity contribution in [3.63, 3.8) is 0 Å². The molecular formula is C13H16N4O2S2. The van der Waals surface area contributed by atoms with Crippen LogP contribution in [0.3, 0.4) is 0 Å². The molecule has 0 saturated heterocycles. The van der Waals surface area contributed by atoms with Crippen LogP contribution < -0.4 is 10.5 Å². The molecule has 6 nitrogen and oxygen atoms in total. The summed E-state index contributed by atoms with van der Waals surface area (Å²) in [6.07, 6.45) is 1.39. The van der Waals surface area contributed by atoms with E-state index in [2.05, 4.69) is 14.9 Å². The summed E-state index contributed by atoms with van der Waals surface area (Å²) in [5, 5.41) is 6.29. The lowest BCUT2D eigenvalue weighted by Gasteiger charge is -2.13. The molecule has 0 aliphatic rings. The number of nitrogens with zero attached hydrogens (tertiary/aromatic N) is 1. The molecular weight excluding hydrogens is 308 g/mol. The highest BCUT2D eigenvalue weighted by Crippen LogP contribution is 2.19. The number of thiocarbonyl (C=S) groups is 1. The van der Waals surface area contributed by atoms with Crippen LogP contribution in [0.1, 0.15) is 24.0 Å². The van der Waals surface area contributed by atoms with Crippen LogP contribution in [0.2, 0.25) is 0 Å². The van der Waals surface area contributed by atoms with E-state index in [1.165, 1.54) is 6.20 Å². The van der Waals surface area contributed by atoms with E-state index in [4.69, 9.17) is 18.0 Å². The lowest BCUT2D eigenvalue weighted by atomic mass is 10.0. The van der Waals surface area contributed by atoms with Gasteiger partial charge in [-0.25, -0.2) is 8.42 Å². The van der Waals surface area contributed by atoms with Gasteiger partial charge in [-0.15, -0.1) is 0 Å². The average molecular weight is 324 g/mol. The van der Waals surface area contributed by atoms with E-state index in [0.29, 0.717) is 5.56 Å². The second kappa shape index (κ2) is 6.23. The molecule has 1 atom stereocenters. The van der Waals surface area contributed by atoms with Gasteiger partial charge in [-0.1, -0.05) is 49.5 Å². The number of sulfonamides is 1. The van der Waals surface area contributed by atoms with Crippen LogP contribution in [-0.4, -0.2) is 29.4 Å². The van der Waals surface area contributed by atoms with Crippen LogP contribution >= 0.6 is 12.2 Å². The molecule has 1 aromatic carbocycles. The SMILES string of the molecule is CC(CS(=O)(=O)Nc1[nH]ncc1C(N)=S)c1ccccc1. The number of aromatic amines is 1. The quantitative estimate of drug-likeness (QED) is 0.701. The second-order valence-corrected chi connectivity index (χ2v) is 6.92. The van der Waals surface area contributed by atoms with E-state index >= 15 is 0 Å². The zero-order valence-corrected chi connectivity index (χ0v) is 13.0. The van der Waals surface area contributed by atoms with Gasteiger partial charge < -0.3 is 5.73 Å². The Morgan fingerprint density at radius 3 is 2.71 bits per heavy atom. The molecule has 112 valence electrons. The molecule has 0 saturated carbocycles. The fraction of sp³-hybridized carbons (Fsp3) is 0.231. The molecule has 1 unspecified atom stereocenters. The maximum absolute atomic E-state index is 12.2. The third-order valence-electron chi connectivity index (χ3n) is 3.00. The Labute approximate surface area is 128 Å². The van der Waals surface area contributed by atoms with Crippen molar-refractivity contribution in [3.05, 3.63) is 47.7 Å². The van der Waals surface area contributed by atoms with Gasteiger partial charge in [-0.2, -0.15) is 5.10 Å². The van der Waals surface area contributed by atoms with Crippen LogP contribution in [0.25, 0.3) is 0 Å². The van der Waals surface area contributed by atoms with Crippen molar-refractivity contribution in [2.75, 3.05) is 10.5 Å². The van der Waals surface area contributed by atoms with Crippen molar-refractivity contribution in [2.24, 2.45) is 5.73 Å². The van der Waals surface area contributed by atoms with E-state index in [-0.39, 0.29) is 22.5 Å². The standard InChI is InChI=1S/C13H16N4O2S2/c1-9(10-5-3-2-4-6-10)8-21(18,19)17-13-11(12(14)20)7-15-16-13/h2-7,9H,8H2,1H3,(H2,14,20)(H2,15,16,17). The number of H-pyrrole nitrogens is 1. The van der Waals surface area contributed by atoms with E-state index in [1.54, 1.807) is 0 Å². The molecule has 0 radical (unpaired) electrons. The molecule has 0 amide bonds. The van der Waals surface area contributed by atoms with Gasteiger partial charge in [0.15, 0.2) is 0 Å². The number of hydrogen-bond donors (Lipinski definition) is 3. The number of nitrogens with one attached hydrogen (secondary N) is 2. The van der Waals surface area contributed by atoms with Crippen molar-refractivity contribution < 1.29 is 8.42 Å². The van der Waals surface area contributed by atoms with Crippen molar-refractivity contribution >= 4 is 33.0 Å². The highest BCUT2D eigenvalue weighted by molar-refractivity contribution is 7.92. The van der Waals surface area contributed by atoms with Crippen LogP contribution in [0.15, 0.2) is 36.5 Å². The van der Waals surface area contributed by atoms with Gasteiger partial charge in [-0.05, 0) is 11.5 Å². The Morgan fingerprint density at radius 2 is 2.10 bits per heavy atom. The third kappa shape index (κ3) is 4.02. The van der Waals surface area contributed by atoms with Crippen LogP contribution in [0.5, 0.6) is 0 Å². The maximum atomic E-state index is 12.2. The molecule has 2 rings (SSSR count). The minimum absolute atomic E-state index is 0.0488. The molecule has 1 heterocycles. The zero-order valence-electron chi connectivity index (χ0n) is 11.4. The number of nitrogens with two attached hydrogens (primary N) is 1. The van der Waals surface area contributed by atoms with Gasteiger partial charge in [0.1, 0.15) is 10.8 Å². The molecule has 2 aromatic rings. The summed E-state index contributed by atoms with van der Waals surface area (Å²) in [7, 11) is -3.54. The van der Waals surface area contributed by atoms with Gasteiger partial charge in [0.2, 0.25) is 10.0 Å². The van der Waals surface area contributed by atoms with Crippen LogP contribution in [0, 0.1) is 0 Å². The van der Waals surface area contributed by atoms with Gasteiger partial charge in [0.25, 0.3) is 0 Å². The molecule has 8 heteroatoms. The molecule has 0 bridgehead atoms. The first-order valence-electron chi connectivity index (χ1n) is 6.27. The summed E-state index contributed by atoms with van der Waals surface area (Å²) in [4.78, 5) is 0.0811. The number of benzene rings is 1. The van der Waals surface area contributed by atoms with Crippen molar-refractivity contribution in [3.8, 4) is 0 Å². The predicted octanol–water partition coefficient (Wildman–Crippen LogP) is 1.59. The summed E-state index contributed by atoms with van der Waals surface area (Å²) in [6, 6.07) is 9.45. The summed E-state index contributed by atoms with van der Waals surface area (Å²) in [5.41, 5.74) is 6.84. The van der Waals surface area contributed by atoms with E-state index in [9.17, 15) is 8.42 Å². The molecule has 0 aliphatic heterocycles. The second-order valence-electron chi connectivity index (χ2n) is 4.72. The monoisotopic (exact) mass is 324 g/mol. The highest BCUT2D eigenvalue weighted by atomic mass is 32.2. The number of hydrogen-bond acceptors (Lipinski definition) is 4. The maximum Gasteiger partial charge on any atom is 0.234 e. The Balaban J connectivity index is 2.12. The molecule has 21 heavy (non-hydrogen) atoms. The zero-order chi connectivity index (χ0) is 15.5. The topological polar surface area (TPSA) is 101 Å². The minimum atomic E-state index is -3.54. The molecule has 4 N–H and O–H groups in total. The van der Waals surface area contributed by atoms with Crippen molar-refractivity contribution in [1.29, 1.82) is 0 Å². The van der Waals surface area contributed by atoms with Crippen LogP contribution in [-0.2, 0) is 10.0 Å². The van der Waals surface area contributed by atoms with Crippen molar-refractivity contribution in [2.45, 2.75) is 12.8 Å². The highest BCUT2D eigenvalue weighted by Gasteiger charge is 2.19. The first-order valence-corrected chi connectivity index (χ1v) is 8.33. The Bertz CT molecular complexity index is 726. The predicted molar refractivity (Wildman–Crippen MR) is 86.7 cm³/mol. The summed E-state index contributed by atoms with van der Waals surface area (Å²) >= 11 is 4.84. The lowest BCUT2D eigenvalue weighted by Crippen LogP contribution is -2.22.